The lowest BCUT2D eigenvalue weighted by atomic mass is 9.70. The number of para-hydroxylation sites is 1. The van der Waals surface area contributed by atoms with E-state index in [0.29, 0.717) is 6.61 Å². The number of hydrogen-bond donors (Lipinski definition) is 1. The van der Waals surface area contributed by atoms with Gasteiger partial charge in [-0.15, -0.1) is 0 Å². The molecule has 0 aliphatic carbocycles. The van der Waals surface area contributed by atoms with Crippen LogP contribution in [-0.4, -0.2) is 41.3 Å². The van der Waals surface area contributed by atoms with Crippen molar-refractivity contribution in [1.82, 2.24) is 0 Å². The number of rotatable bonds is 1. The number of benzene rings is 1. The first kappa shape index (κ1) is 14.0. The zero-order valence-corrected chi connectivity index (χ0v) is 13.4. The lowest BCUT2D eigenvalue weighted by Crippen LogP contribution is -2.53. The number of carbonyl (C=O) groups is 2. The van der Waals surface area contributed by atoms with Crippen LogP contribution in [0, 0.1) is 17.8 Å². The van der Waals surface area contributed by atoms with Crippen LogP contribution in [0.25, 0.3) is 0 Å². The van der Waals surface area contributed by atoms with Gasteiger partial charge in [-0.25, -0.2) is 0 Å². The summed E-state index contributed by atoms with van der Waals surface area (Å²) in [6.07, 6.45) is 4.07. The number of carboxylic acid groups (broad SMARTS) is 1. The molecule has 5 aliphatic rings. The largest absolute Gasteiger partial charge is 0.481 e. The molecule has 3 fully saturated rings. The van der Waals surface area contributed by atoms with Gasteiger partial charge in [0.2, 0.25) is 5.91 Å². The predicted molar refractivity (Wildman–Crippen MR) is 85.9 cm³/mol. The summed E-state index contributed by atoms with van der Waals surface area (Å²) in [4.78, 5) is 27.0. The number of nitrogens with zero attached hydrogens (tertiary/aromatic N) is 1. The van der Waals surface area contributed by atoms with E-state index in [0.717, 1.165) is 17.7 Å². The van der Waals surface area contributed by atoms with Crippen molar-refractivity contribution in [1.29, 1.82) is 0 Å². The Balaban J connectivity index is 1.59. The van der Waals surface area contributed by atoms with E-state index in [1.54, 1.807) is 0 Å². The third-order valence-corrected chi connectivity index (χ3v) is 6.66. The van der Waals surface area contributed by atoms with Crippen LogP contribution in [0.3, 0.4) is 0 Å². The second kappa shape index (κ2) is 4.31. The summed E-state index contributed by atoms with van der Waals surface area (Å²) in [6.45, 7) is 0.651. The van der Waals surface area contributed by atoms with Crippen molar-refractivity contribution in [2.24, 2.45) is 17.8 Å². The molecular weight excluding hydrogens is 322 g/mol. The second-order valence-corrected chi connectivity index (χ2v) is 7.59. The summed E-state index contributed by atoms with van der Waals surface area (Å²) in [6, 6.07) is 7.61. The second-order valence-electron chi connectivity index (χ2n) is 7.59. The molecular formula is C19H17NO5. The first-order valence-corrected chi connectivity index (χ1v) is 8.77. The number of aliphatic carboxylic acids is 1. The van der Waals surface area contributed by atoms with Crippen LogP contribution in [0.2, 0.25) is 0 Å². The monoisotopic (exact) mass is 339 g/mol. The third kappa shape index (κ3) is 1.42. The first-order valence-electron chi connectivity index (χ1n) is 8.77. The van der Waals surface area contributed by atoms with Gasteiger partial charge in [0.1, 0.15) is 11.5 Å². The quantitative estimate of drug-likeness (QED) is 0.785. The Bertz CT molecular complexity index is 850. The molecule has 6 rings (SSSR count). The highest BCUT2D eigenvalue weighted by molar-refractivity contribution is 6.04. The molecule has 1 aromatic rings. The number of hydrogen-bond acceptors (Lipinski definition) is 4. The fraction of sp³-hybridized carbons (Fsp3) is 0.474. The summed E-state index contributed by atoms with van der Waals surface area (Å²) < 4.78 is 12.2. The smallest absolute Gasteiger partial charge is 0.310 e. The first-order chi connectivity index (χ1) is 12.1. The van der Waals surface area contributed by atoms with Crippen molar-refractivity contribution in [3.8, 4) is 0 Å². The van der Waals surface area contributed by atoms with Gasteiger partial charge in [-0.3, -0.25) is 9.59 Å². The van der Waals surface area contributed by atoms with Crippen molar-refractivity contribution in [3.63, 3.8) is 0 Å². The van der Waals surface area contributed by atoms with E-state index in [9.17, 15) is 14.7 Å². The zero-order valence-electron chi connectivity index (χ0n) is 13.4. The van der Waals surface area contributed by atoms with Gasteiger partial charge in [0.15, 0.2) is 0 Å². The molecule has 3 saturated heterocycles. The molecule has 1 amide bonds. The Morgan fingerprint density at radius 3 is 3.00 bits per heavy atom. The predicted octanol–water partition coefficient (Wildman–Crippen LogP) is 1.52. The molecule has 25 heavy (non-hydrogen) atoms. The Hall–Kier alpha value is -2.18. The van der Waals surface area contributed by atoms with Gasteiger partial charge < -0.3 is 19.5 Å². The molecule has 1 spiro atoms. The molecule has 5 aliphatic heterocycles. The third-order valence-electron chi connectivity index (χ3n) is 6.66. The molecule has 1 aromatic carbocycles. The van der Waals surface area contributed by atoms with Gasteiger partial charge in [0.05, 0.1) is 24.2 Å². The highest BCUT2D eigenvalue weighted by atomic mass is 16.5. The minimum atomic E-state index is -0.957. The minimum Gasteiger partial charge on any atom is -0.481 e. The van der Waals surface area contributed by atoms with Crippen LogP contribution in [0.4, 0.5) is 5.69 Å². The van der Waals surface area contributed by atoms with Crippen molar-refractivity contribution >= 4 is 17.6 Å². The molecule has 0 radical (unpaired) electrons. The van der Waals surface area contributed by atoms with Gasteiger partial charge in [-0.2, -0.15) is 0 Å². The van der Waals surface area contributed by atoms with E-state index >= 15 is 0 Å². The van der Waals surface area contributed by atoms with E-state index in [4.69, 9.17) is 9.47 Å². The zero-order chi connectivity index (χ0) is 16.9. The topological polar surface area (TPSA) is 76.1 Å². The molecule has 5 heterocycles. The van der Waals surface area contributed by atoms with Crippen LogP contribution in [0.1, 0.15) is 18.1 Å². The molecule has 6 nitrogen and oxygen atoms in total. The highest BCUT2D eigenvalue weighted by Gasteiger charge is 2.74. The van der Waals surface area contributed by atoms with E-state index in [1.165, 1.54) is 0 Å². The lowest BCUT2D eigenvalue weighted by Gasteiger charge is -2.43. The average molecular weight is 339 g/mol. The van der Waals surface area contributed by atoms with Crippen molar-refractivity contribution in [2.45, 2.75) is 30.3 Å². The van der Waals surface area contributed by atoms with E-state index < -0.39 is 29.5 Å². The van der Waals surface area contributed by atoms with Crippen molar-refractivity contribution in [2.75, 3.05) is 11.5 Å². The normalized spacial score (nSPS) is 45.3. The fourth-order valence-corrected chi connectivity index (χ4v) is 5.86. The number of amides is 1. The van der Waals surface area contributed by atoms with Gasteiger partial charge in [-0.05, 0) is 12.5 Å². The molecule has 7 atom stereocenters. The number of carbonyl (C=O) groups excluding carboxylic acids is 1. The fourth-order valence-electron chi connectivity index (χ4n) is 5.86. The molecule has 2 bridgehead atoms. The summed E-state index contributed by atoms with van der Waals surface area (Å²) in [5.41, 5.74) is 1.03. The van der Waals surface area contributed by atoms with Crippen molar-refractivity contribution in [3.05, 3.63) is 42.0 Å². The van der Waals surface area contributed by atoms with Crippen LogP contribution < -0.4 is 4.90 Å². The van der Waals surface area contributed by atoms with Crippen LogP contribution in [-0.2, 0) is 19.1 Å². The van der Waals surface area contributed by atoms with Crippen LogP contribution in [0.5, 0.6) is 0 Å². The molecule has 6 heteroatoms. The highest BCUT2D eigenvalue weighted by Crippen LogP contribution is 2.62. The van der Waals surface area contributed by atoms with Gasteiger partial charge in [0, 0.05) is 23.8 Å². The average Bonchev–Trinajstić information content (AvgIpc) is 3.35. The Kier molecular flexibility index (Phi) is 2.42. The summed E-state index contributed by atoms with van der Waals surface area (Å²) >= 11 is 0. The summed E-state index contributed by atoms with van der Waals surface area (Å²) in [7, 11) is 0. The van der Waals surface area contributed by atoms with Gasteiger partial charge in [-0.1, -0.05) is 30.4 Å². The van der Waals surface area contributed by atoms with Gasteiger partial charge in [0.25, 0.3) is 0 Å². The van der Waals surface area contributed by atoms with E-state index in [-0.39, 0.29) is 24.0 Å². The molecule has 1 N–H and O–H groups in total. The summed E-state index contributed by atoms with van der Waals surface area (Å²) in [5, 5.41) is 9.70. The maximum absolute atomic E-state index is 13.4. The SMILES string of the molecule is O=C(O)[C@@H]1[C@H]2C=C[C@]3(O2)[C@H]1C(=O)N1c2ccccc2[C@H]2OCC[C@H]2[C@@H]13. The Morgan fingerprint density at radius 1 is 1.32 bits per heavy atom. The number of fused-ring (bicyclic) bond motifs is 7. The standard InChI is InChI=1S/C19H17NO5/c21-17-14-13(18(22)23)12-5-7-19(14,25-12)16-10-6-8-24-15(10)9-3-1-2-4-11(9)20(16)17/h1-5,7,10,12-16H,6,8H2,(H,22,23)/t10-,12-,13-,14-,15-,16-,19+/m1/s1. The minimum absolute atomic E-state index is 0.0571. The molecule has 0 aromatic heterocycles. The van der Waals surface area contributed by atoms with Crippen molar-refractivity contribution < 1.29 is 24.2 Å². The number of anilines is 1. The van der Waals surface area contributed by atoms with Crippen LogP contribution >= 0.6 is 0 Å². The summed E-state index contributed by atoms with van der Waals surface area (Å²) in [5.74, 6) is -2.42. The van der Waals surface area contributed by atoms with Crippen LogP contribution in [0.15, 0.2) is 36.4 Å². The molecule has 128 valence electrons. The number of carboxylic acids is 1. The van der Waals surface area contributed by atoms with Gasteiger partial charge >= 0.3 is 5.97 Å². The maximum atomic E-state index is 13.4. The maximum Gasteiger partial charge on any atom is 0.310 e. The Morgan fingerprint density at radius 2 is 2.16 bits per heavy atom. The number of ether oxygens (including phenoxy) is 2. The Labute approximate surface area is 144 Å². The van der Waals surface area contributed by atoms with E-state index in [2.05, 4.69) is 0 Å². The molecule has 0 unspecified atom stereocenters. The lowest BCUT2D eigenvalue weighted by molar-refractivity contribution is -0.146. The molecule has 0 saturated carbocycles. The van der Waals surface area contributed by atoms with E-state index in [1.807, 2.05) is 41.3 Å².